The van der Waals surface area contributed by atoms with Gasteiger partial charge in [-0.25, -0.2) is 0 Å². The van der Waals surface area contributed by atoms with Crippen LogP contribution in [-0.2, 0) is 13.0 Å². The van der Waals surface area contributed by atoms with Crippen molar-refractivity contribution < 1.29 is 0 Å². The molecule has 0 fully saturated rings. The lowest BCUT2D eigenvalue weighted by Crippen LogP contribution is -2.35. The van der Waals surface area contributed by atoms with Crippen LogP contribution in [0, 0.1) is 6.92 Å². The standard InChI is InChI=1S/C20H26N2/c1-16-8-10-17(11-9-16)15-22-14-12-18-5-2-3-6-19(18)20(22)7-4-13-21/h2-3,5-6,8-11,20H,4,7,12-15,21H2,1H3. The predicted molar refractivity (Wildman–Crippen MR) is 92.8 cm³/mol. The van der Waals surface area contributed by atoms with Crippen molar-refractivity contribution in [2.75, 3.05) is 13.1 Å². The van der Waals surface area contributed by atoms with Gasteiger partial charge in [0.25, 0.3) is 0 Å². The highest BCUT2D eigenvalue weighted by Crippen LogP contribution is 2.34. The minimum Gasteiger partial charge on any atom is -0.330 e. The lowest BCUT2D eigenvalue weighted by atomic mass is 9.89. The minimum absolute atomic E-state index is 0.509. The van der Waals surface area contributed by atoms with E-state index >= 15 is 0 Å². The van der Waals surface area contributed by atoms with Crippen LogP contribution in [0.4, 0.5) is 0 Å². The van der Waals surface area contributed by atoms with E-state index < -0.39 is 0 Å². The molecule has 2 aromatic rings. The highest BCUT2D eigenvalue weighted by atomic mass is 15.2. The second kappa shape index (κ2) is 7.08. The summed E-state index contributed by atoms with van der Waals surface area (Å²) in [7, 11) is 0. The van der Waals surface area contributed by atoms with Gasteiger partial charge in [-0.3, -0.25) is 4.90 Å². The Hall–Kier alpha value is -1.64. The molecule has 2 aromatic carbocycles. The van der Waals surface area contributed by atoms with Gasteiger partial charge < -0.3 is 5.73 Å². The van der Waals surface area contributed by atoms with Crippen LogP contribution < -0.4 is 5.73 Å². The van der Waals surface area contributed by atoms with Crippen LogP contribution in [-0.4, -0.2) is 18.0 Å². The van der Waals surface area contributed by atoms with Gasteiger partial charge in [-0.15, -0.1) is 0 Å². The van der Waals surface area contributed by atoms with Crippen molar-refractivity contribution in [3.05, 3.63) is 70.8 Å². The van der Waals surface area contributed by atoms with E-state index in [4.69, 9.17) is 5.73 Å². The summed E-state index contributed by atoms with van der Waals surface area (Å²) in [6, 6.07) is 18.4. The largest absolute Gasteiger partial charge is 0.330 e. The molecule has 2 heteroatoms. The molecular formula is C20H26N2. The van der Waals surface area contributed by atoms with Crippen molar-refractivity contribution >= 4 is 0 Å². The molecule has 3 rings (SSSR count). The monoisotopic (exact) mass is 294 g/mol. The van der Waals surface area contributed by atoms with E-state index in [-0.39, 0.29) is 0 Å². The molecule has 1 atom stereocenters. The second-order valence-electron chi connectivity index (χ2n) is 6.35. The number of benzene rings is 2. The maximum atomic E-state index is 5.76. The van der Waals surface area contributed by atoms with Crippen LogP contribution in [0.2, 0.25) is 0 Å². The summed E-state index contributed by atoms with van der Waals surface area (Å²) >= 11 is 0. The van der Waals surface area contributed by atoms with E-state index in [1.165, 1.54) is 22.3 Å². The van der Waals surface area contributed by atoms with Crippen molar-refractivity contribution in [1.82, 2.24) is 4.90 Å². The van der Waals surface area contributed by atoms with Gasteiger partial charge in [0.05, 0.1) is 0 Å². The van der Waals surface area contributed by atoms with E-state index in [1.807, 2.05) is 0 Å². The summed E-state index contributed by atoms with van der Waals surface area (Å²) in [4.78, 5) is 2.63. The lowest BCUT2D eigenvalue weighted by molar-refractivity contribution is 0.165. The second-order valence-corrected chi connectivity index (χ2v) is 6.35. The molecule has 1 unspecified atom stereocenters. The van der Waals surface area contributed by atoms with Crippen molar-refractivity contribution in [3.63, 3.8) is 0 Å². The van der Waals surface area contributed by atoms with Crippen LogP contribution in [0.5, 0.6) is 0 Å². The highest BCUT2D eigenvalue weighted by Gasteiger charge is 2.26. The molecule has 1 aliphatic heterocycles. The van der Waals surface area contributed by atoms with Crippen molar-refractivity contribution in [3.8, 4) is 0 Å². The van der Waals surface area contributed by atoms with Crippen LogP contribution in [0.1, 0.15) is 41.1 Å². The van der Waals surface area contributed by atoms with Gasteiger partial charge in [-0.05, 0) is 49.4 Å². The summed E-state index contributed by atoms with van der Waals surface area (Å²) in [6.45, 7) is 5.09. The van der Waals surface area contributed by atoms with Crippen molar-refractivity contribution in [1.29, 1.82) is 0 Å². The Morgan fingerprint density at radius 3 is 2.64 bits per heavy atom. The third-order valence-electron chi connectivity index (χ3n) is 4.71. The van der Waals surface area contributed by atoms with Crippen molar-refractivity contribution in [2.45, 2.75) is 38.8 Å². The highest BCUT2D eigenvalue weighted by molar-refractivity contribution is 5.33. The molecule has 0 saturated heterocycles. The molecule has 0 saturated carbocycles. The average Bonchev–Trinajstić information content (AvgIpc) is 2.56. The predicted octanol–water partition coefficient (Wildman–Crippen LogP) is 3.83. The number of rotatable bonds is 5. The molecule has 0 bridgehead atoms. The number of nitrogens with two attached hydrogens (primary N) is 1. The minimum atomic E-state index is 0.509. The first kappa shape index (κ1) is 15.3. The fraction of sp³-hybridized carbons (Fsp3) is 0.400. The Morgan fingerprint density at radius 1 is 1.09 bits per heavy atom. The Bertz CT molecular complexity index is 603. The SMILES string of the molecule is Cc1ccc(CN2CCc3ccccc3C2CCCN)cc1. The van der Waals surface area contributed by atoms with Crippen LogP contribution >= 0.6 is 0 Å². The van der Waals surface area contributed by atoms with E-state index in [2.05, 4.69) is 60.4 Å². The molecule has 2 N–H and O–H groups in total. The van der Waals surface area contributed by atoms with Gasteiger partial charge in [0.1, 0.15) is 0 Å². The normalized spacial score (nSPS) is 18.2. The quantitative estimate of drug-likeness (QED) is 0.908. The summed E-state index contributed by atoms with van der Waals surface area (Å²) in [6.07, 6.45) is 3.39. The van der Waals surface area contributed by atoms with Crippen LogP contribution in [0.15, 0.2) is 48.5 Å². The zero-order chi connectivity index (χ0) is 15.4. The molecule has 0 radical (unpaired) electrons. The molecule has 1 heterocycles. The topological polar surface area (TPSA) is 29.3 Å². The summed E-state index contributed by atoms with van der Waals surface area (Å²) < 4.78 is 0. The number of hydrogen-bond acceptors (Lipinski definition) is 2. The Labute approximate surface area is 134 Å². The first-order valence-electron chi connectivity index (χ1n) is 8.35. The molecule has 116 valence electrons. The smallest absolute Gasteiger partial charge is 0.0354 e. The number of nitrogens with zero attached hydrogens (tertiary/aromatic N) is 1. The van der Waals surface area contributed by atoms with Crippen LogP contribution in [0.25, 0.3) is 0 Å². The van der Waals surface area contributed by atoms with E-state index in [0.717, 1.165) is 38.9 Å². The Kier molecular flexibility index (Phi) is 4.91. The first-order chi connectivity index (χ1) is 10.8. The third kappa shape index (κ3) is 3.40. The molecule has 0 aromatic heterocycles. The molecular weight excluding hydrogens is 268 g/mol. The maximum Gasteiger partial charge on any atom is 0.0354 e. The number of hydrogen-bond donors (Lipinski definition) is 1. The zero-order valence-corrected chi connectivity index (χ0v) is 13.5. The third-order valence-corrected chi connectivity index (χ3v) is 4.71. The first-order valence-corrected chi connectivity index (χ1v) is 8.35. The maximum absolute atomic E-state index is 5.76. The average molecular weight is 294 g/mol. The molecule has 0 aliphatic carbocycles. The molecule has 22 heavy (non-hydrogen) atoms. The van der Waals surface area contributed by atoms with Gasteiger partial charge in [0, 0.05) is 19.1 Å². The van der Waals surface area contributed by atoms with Crippen LogP contribution in [0.3, 0.4) is 0 Å². The van der Waals surface area contributed by atoms with Gasteiger partial charge in [0.2, 0.25) is 0 Å². The molecule has 0 amide bonds. The fourth-order valence-electron chi connectivity index (χ4n) is 3.47. The molecule has 0 spiro atoms. The molecule has 2 nitrogen and oxygen atoms in total. The van der Waals surface area contributed by atoms with Gasteiger partial charge >= 0.3 is 0 Å². The van der Waals surface area contributed by atoms with Gasteiger partial charge in [-0.2, -0.15) is 0 Å². The molecule has 1 aliphatic rings. The number of fused-ring (bicyclic) bond motifs is 1. The van der Waals surface area contributed by atoms with E-state index in [0.29, 0.717) is 6.04 Å². The van der Waals surface area contributed by atoms with Gasteiger partial charge in [0.15, 0.2) is 0 Å². The van der Waals surface area contributed by atoms with E-state index in [1.54, 1.807) is 0 Å². The lowest BCUT2D eigenvalue weighted by Gasteiger charge is -2.37. The fourth-order valence-corrected chi connectivity index (χ4v) is 3.47. The van der Waals surface area contributed by atoms with Gasteiger partial charge in [-0.1, -0.05) is 54.1 Å². The summed E-state index contributed by atoms with van der Waals surface area (Å²) in [5, 5.41) is 0. The Morgan fingerprint density at radius 2 is 1.86 bits per heavy atom. The zero-order valence-electron chi connectivity index (χ0n) is 13.5. The Balaban J connectivity index is 1.81. The van der Waals surface area contributed by atoms with E-state index in [9.17, 15) is 0 Å². The van der Waals surface area contributed by atoms with Crippen molar-refractivity contribution in [2.24, 2.45) is 5.73 Å². The number of aryl methyl sites for hydroxylation is 1. The summed E-state index contributed by atoms with van der Waals surface area (Å²) in [5.74, 6) is 0. The summed E-state index contributed by atoms with van der Waals surface area (Å²) in [5.41, 5.74) is 11.5.